The number of aromatic nitrogens is 2. The Bertz CT molecular complexity index is 1320. The molecule has 4 rings (SSSR count). The highest BCUT2D eigenvalue weighted by Gasteiger charge is 2.15. The first-order valence-electron chi connectivity index (χ1n) is 12.2. The number of nitrogens with zero attached hydrogens (tertiary/aromatic N) is 2. The van der Waals surface area contributed by atoms with Gasteiger partial charge < -0.3 is 20.3 Å². The van der Waals surface area contributed by atoms with Crippen molar-refractivity contribution in [3.05, 3.63) is 90.0 Å². The van der Waals surface area contributed by atoms with E-state index >= 15 is 0 Å². The third-order valence-electron chi connectivity index (χ3n) is 6.07. The van der Waals surface area contributed by atoms with E-state index in [0.29, 0.717) is 23.2 Å². The van der Waals surface area contributed by atoms with Crippen LogP contribution in [0.25, 0.3) is 22.8 Å². The van der Waals surface area contributed by atoms with E-state index < -0.39 is 17.9 Å². The Labute approximate surface area is 215 Å². The minimum Gasteiger partial charge on any atom is -0.480 e. The average molecular weight is 499 g/mol. The van der Waals surface area contributed by atoms with Crippen LogP contribution in [0.2, 0.25) is 0 Å². The summed E-state index contributed by atoms with van der Waals surface area (Å²) in [4.78, 5) is 27.5. The Hall–Kier alpha value is -4.46. The van der Waals surface area contributed by atoms with Gasteiger partial charge >= 0.3 is 5.97 Å². The highest BCUT2D eigenvalue weighted by Crippen LogP contribution is 2.23. The van der Waals surface area contributed by atoms with Gasteiger partial charge in [-0.1, -0.05) is 54.5 Å². The van der Waals surface area contributed by atoms with Gasteiger partial charge in [0, 0.05) is 28.9 Å². The molecular formula is C29H30N4O4. The molecule has 1 aromatic heterocycles. The maximum Gasteiger partial charge on any atom is 0.325 e. The van der Waals surface area contributed by atoms with Gasteiger partial charge in [-0.2, -0.15) is 4.98 Å². The van der Waals surface area contributed by atoms with Crippen LogP contribution in [-0.4, -0.2) is 39.7 Å². The summed E-state index contributed by atoms with van der Waals surface area (Å²) in [5.41, 5.74) is 4.39. The van der Waals surface area contributed by atoms with Crippen LogP contribution in [0.15, 0.2) is 83.4 Å². The lowest BCUT2D eigenvalue weighted by atomic mass is 9.97. The van der Waals surface area contributed by atoms with Gasteiger partial charge in [-0.05, 0) is 67.6 Å². The average Bonchev–Trinajstić information content (AvgIpc) is 3.40. The number of aliphatic carboxylic acids is 1. The molecular weight excluding hydrogens is 468 g/mol. The third-order valence-corrected chi connectivity index (χ3v) is 6.07. The number of carbonyl (C=O) groups is 2. The molecule has 8 nitrogen and oxygen atoms in total. The molecule has 4 aromatic rings. The Morgan fingerprint density at radius 3 is 2.30 bits per heavy atom. The minimum absolute atomic E-state index is 0.406. The molecule has 190 valence electrons. The van der Waals surface area contributed by atoms with Gasteiger partial charge in [0.05, 0.1) is 0 Å². The molecule has 1 unspecified atom stereocenters. The van der Waals surface area contributed by atoms with Gasteiger partial charge in [-0.25, -0.2) is 0 Å². The number of carboxylic acids is 1. The molecule has 0 aliphatic carbocycles. The Balaban J connectivity index is 1.23. The van der Waals surface area contributed by atoms with Gasteiger partial charge in [0.15, 0.2) is 0 Å². The van der Waals surface area contributed by atoms with Crippen molar-refractivity contribution in [3.8, 4) is 22.8 Å². The highest BCUT2D eigenvalue weighted by molar-refractivity contribution is 5.96. The number of hydrogen-bond acceptors (Lipinski definition) is 6. The summed E-state index contributed by atoms with van der Waals surface area (Å²) in [5.74, 6) is 0.0722. The van der Waals surface area contributed by atoms with Gasteiger partial charge in [0.2, 0.25) is 5.82 Å². The number of nitrogens with one attached hydrogen (secondary N) is 2. The molecule has 0 radical (unpaired) electrons. The van der Waals surface area contributed by atoms with Crippen molar-refractivity contribution in [1.29, 1.82) is 0 Å². The molecule has 3 aromatic carbocycles. The standard InChI is InChI=1S/C29H30N4O4/c1-19(16-17-30-25-14-12-23(13-15-25)27(34)31-20(2)29(35)36)18-21-8-10-22(11-9-21)26-32-28(37-33-26)24-6-4-3-5-7-24/h3-15,19-20,30H,16-18H2,1-2H3,(H,31,34)(H,35,36)/t19?,20-/m1/s1. The van der Waals surface area contributed by atoms with Crippen molar-refractivity contribution < 1.29 is 19.2 Å². The van der Waals surface area contributed by atoms with E-state index in [1.54, 1.807) is 12.1 Å². The predicted molar refractivity (Wildman–Crippen MR) is 142 cm³/mol. The molecule has 2 atom stereocenters. The van der Waals surface area contributed by atoms with E-state index in [-0.39, 0.29) is 0 Å². The van der Waals surface area contributed by atoms with Crippen LogP contribution in [0.1, 0.15) is 36.2 Å². The molecule has 3 N–H and O–H groups in total. The number of rotatable bonds is 11. The van der Waals surface area contributed by atoms with Crippen molar-refractivity contribution in [2.45, 2.75) is 32.7 Å². The third kappa shape index (κ3) is 7.04. The molecule has 0 saturated carbocycles. The molecule has 1 amide bonds. The summed E-state index contributed by atoms with van der Waals surface area (Å²) < 4.78 is 5.41. The molecule has 0 aliphatic rings. The van der Waals surface area contributed by atoms with Crippen molar-refractivity contribution >= 4 is 17.6 Å². The number of amides is 1. The maximum absolute atomic E-state index is 12.1. The molecule has 0 fully saturated rings. The highest BCUT2D eigenvalue weighted by atomic mass is 16.5. The van der Waals surface area contributed by atoms with E-state index in [4.69, 9.17) is 9.63 Å². The Kier molecular flexibility index (Phi) is 8.30. The number of carboxylic acid groups (broad SMARTS) is 1. The summed E-state index contributed by atoms with van der Waals surface area (Å²) in [7, 11) is 0. The lowest BCUT2D eigenvalue weighted by molar-refractivity contribution is -0.138. The van der Waals surface area contributed by atoms with Crippen LogP contribution in [0, 0.1) is 5.92 Å². The van der Waals surface area contributed by atoms with Gasteiger partial charge in [0.1, 0.15) is 6.04 Å². The summed E-state index contributed by atoms with van der Waals surface area (Å²) in [6.45, 7) is 4.45. The van der Waals surface area contributed by atoms with Gasteiger partial charge in [-0.15, -0.1) is 0 Å². The Morgan fingerprint density at radius 1 is 0.919 bits per heavy atom. The molecule has 0 aliphatic heterocycles. The minimum atomic E-state index is -1.07. The largest absolute Gasteiger partial charge is 0.480 e. The molecule has 0 spiro atoms. The predicted octanol–water partition coefficient (Wildman–Crippen LogP) is 5.29. The second kappa shape index (κ2) is 12.0. The monoisotopic (exact) mass is 498 g/mol. The summed E-state index contributed by atoms with van der Waals surface area (Å²) in [5, 5.41) is 18.9. The van der Waals surface area contributed by atoms with E-state index in [1.807, 2.05) is 54.6 Å². The summed E-state index contributed by atoms with van der Waals surface area (Å²) in [6, 6.07) is 24.0. The van der Waals surface area contributed by atoms with E-state index in [0.717, 1.165) is 36.2 Å². The zero-order valence-corrected chi connectivity index (χ0v) is 20.8. The van der Waals surface area contributed by atoms with Crippen LogP contribution in [0.3, 0.4) is 0 Å². The van der Waals surface area contributed by atoms with Crippen molar-refractivity contribution in [3.63, 3.8) is 0 Å². The van der Waals surface area contributed by atoms with Crippen LogP contribution >= 0.6 is 0 Å². The van der Waals surface area contributed by atoms with Crippen molar-refractivity contribution in [2.75, 3.05) is 11.9 Å². The number of anilines is 1. The summed E-state index contributed by atoms with van der Waals surface area (Å²) >= 11 is 0. The molecule has 1 heterocycles. The van der Waals surface area contributed by atoms with Crippen molar-refractivity contribution in [1.82, 2.24) is 15.5 Å². The second-order valence-electron chi connectivity index (χ2n) is 9.12. The lowest BCUT2D eigenvalue weighted by Gasteiger charge is -2.14. The van der Waals surface area contributed by atoms with E-state index in [2.05, 4.69) is 39.8 Å². The SMILES string of the molecule is CC(CCNc1ccc(C(=O)N[C@H](C)C(=O)O)cc1)Cc1ccc(-c2noc(-c3ccccc3)n2)cc1. The normalized spacial score (nSPS) is 12.5. The topological polar surface area (TPSA) is 117 Å². The number of benzene rings is 3. The van der Waals surface area contributed by atoms with E-state index in [9.17, 15) is 9.59 Å². The van der Waals surface area contributed by atoms with Crippen LogP contribution in [-0.2, 0) is 11.2 Å². The van der Waals surface area contributed by atoms with Crippen LogP contribution < -0.4 is 10.6 Å². The zero-order valence-electron chi connectivity index (χ0n) is 20.8. The first kappa shape index (κ1) is 25.6. The molecule has 0 bridgehead atoms. The first-order chi connectivity index (χ1) is 17.9. The van der Waals surface area contributed by atoms with E-state index in [1.165, 1.54) is 12.5 Å². The summed E-state index contributed by atoms with van der Waals surface area (Å²) in [6.07, 6.45) is 1.93. The fourth-order valence-corrected chi connectivity index (χ4v) is 3.88. The fourth-order valence-electron chi connectivity index (χ4n) is 3.88. The lowest BCUT2D eigenvalue weighted by Crippen LogP contribution is -2.38. The zero-order chi connectivity index (χ0) is 26.2. The maximum atomic E-state index is 12.1. The first-order valence-corrected chi connectivity index (χ1v) is 12.2. The number of hydrogen-bond donors (Lipinski definition) is 3. The molecule has 0 saturated heterocycles. The van der Waals surface area contributed by atoms with Crippen molar-refractivity contribution in [2.24, 2.45) is 5.92 Å². The molecule has 8 heteroatoms. The second-order valence-corrected chi connectivity index (χ2v) is 9.12. The van der Waals surface area contributed by atoms with Gasteiger partial charge in [0.25, 0.3) is 11.8 Å². The number of carbonyl (C=O) groups excluding carboxylic acids is 1. The van der Waals surface area contributed by atoms with Crippen LogP contribution in [0.4, 0.5) is 5.69 Å². The fraction of sp³-hybridized carbons (Fsp3) is 0.241. The van der Waals surface area contributed by atoms with Crippen LogP contribution in [0.5, 0.6) is 0 Å². The Morgan fingerprint density at radius 2 is 1.62 bits per heavy atom. The quantitative estimate of drug-likeness (QED) is 0.257. The smallest absolute Gasteiger partial charge is 0.325 e. The van der Waals surface area contributed by atoms with Gasteiger partial charge in [-0.3, -0.25) is 9.59 Å². The molecule has 37 heavy (non-hydrogen) atoms.